The highest BCUT2D eigenvalue weighted by Crippen LogP contribution is 2.49. The van der Waals surface area contributed by atoms with E-state index in [1.165, 1.54) is 13.2 Å². The molecule has 1 atom stereocenters. The van der Waals surface area contributed by atoms with Crippen LogP contribution >= 0.6 is 0 Å². The molecule has 7 heteroatoms. The third-order valence-electron chi connectivity index (χ3n) is 5.64. The van der Waals surface area contributed by atoms with Crippen molar-refractivity contribution in [2.75, 3.05) is 18.6 Å². The predicted octanol–water partition coefficient (Wildman–Crippen LogP) is 4.34. The van der Waals surface area contributed by atoms with E-state index < -0.39 is 11.6 Å². The number of hydrogen-bond acceptors (Lipinski definition) is 5. The van der Waals surface area contributed by atoms with Crippen molar-refractivity contribution in [3.63, 3.8) is 0 Å². The van der Waals surface area contributed by atoms with Gasteiger partial charge in [0.1, 0.15) is 5.69 Å². The van der Waals surface area contributed by atoms with Gasteiger partial charge in [-0.3, -0.25) is 4.98 Å². The minimum atomic E-state index is -0.958. The number of pyridine rings is 1. The monoisotopic (exact) mass is 394 g/mol. The second-order valence-corrected chi connectivity index (χ2v) is 7.48. The molecule has 2 aliphatic rings. The summed E-state index contributed by atoms with van der Waals surface area (Å²) in [6, 6.07) is 8.53. The average molecular weight is 394 g/mol. The number of anilines is 1. The van der Waals surface area contributed by atoms with E-state index in [2.05, 4.69) is 14.9 Å². The van der Waals surface area contributed by atoms with Crippen molar-refractivity contribution >= 4 is 5.69 Å². The molecule has 0 spiro atoms. The molecule has 0 radical (unpaired) electrons. The van der Waals surface area contributed by atoms with E-state index in [1.807, 2.05) is 24.4 Å². The number of hydrogen-bond donors (Lipinski definition) is 0. The molecule has 0 saturated heterocycles. The SMILES string of the molecule is COc1cc(N2CCc3nc(-c4ccccn4)ncc3C2C2CC2)cc(F)c1F. The molecule has 29 heavy (non-hydrogen) atoms. The molecule has 3 heterocycles. The van der Waals surface area contributed by atoms with Crippen LogP contribution in [0.3, 0.4) is 0 Å². The summed E-state index contributed by atoms with van der Waals surface area (Å²) in [7, 11) is 1.35. The second-order valence-electron chi connectivity index (χ2n) is 7.48. The normalized spacial score (nSPS) is 18.4. The molecule has 0 N–H and O–H groups in total. The first-order valence-corrected chi connectivity index (χ1v) is 9.72. The summed E-state index contributed by atoms with van der Waals surface area (Å²) < 4.78 is 33.1. The van der Waals surface area contributed by atoms with Crippen molar-refractivity contribution in [3.05, 3.63) is 65.6 Å². The van der Waals surface area contributed by atoms with Crippen LogP contribution in [0.5, 0.6) is 5.75 Å². The fraction of sp³-hybridized carbons (Fsp3) is 0.318. The number of nitrogens with zero attached hydrogens (tertiary/aromatic N) is 4. The highest BCUT2D eigenvalue weighted by molar-refractivity contribution is 5.57. The molecule has 148 valence electrons. The van der Waals surface area contributed by atoms with Gasteiger partial charge in [0.2, 0.25) is 5.82 Å². The predicted molar refractivity (Wildman–Crippen MR) is 105 cm³/mol. The van der Waals surface area contributed by atoms with Crippen molar-refractivity contribution < 1.29 is 13.5 Å². The van der Waals surface area contributed by atoms with Gasteiger partial charge < -0.3 is 9.64 Å². The minimum Gasteiger partial charge on any atom is -0.493 e. The van der Waals surface area contributed by atoms with E-state index in [4.69, 9.17) is 9.72 Å². The highest BCUT2D eigenvalue weighted by atomic mass is 19.2. The Hall–Kier alpha value is -3.09. The molecule has 1 fully saturated rings. The maximum absolute atomic E-state index is 14.1. The number of ether oxygens (including phenoxy) is 1. The largest absolute Gasteiger partial charge is 0.493 e. The number of fused-ring (bicyclic) bond motifs is 1. The maximum Gasteiger partial charge on any atom is 0.200 e. The molecule has 1 aliphatic heterocycles. The summed E-state index contributed by atoms with van der Waals surface area (Å²) in [5.41, 5.74) is 3.42. The van der Waals surface area contributed by atoms with Crippen LogP contribution in [-0.4, -0.2) is 28.6 Å². The van der Waals surface area contributed by atoms with Crippen LogP contribution in [0.1, 0.15) is 30.1 Å². The van der Waals surface area contributed by atoms with E-state index in [-0.39, 0.29) is 11.8 Å². The van der Waals surface area contributed by atoms with Crippen molar-refractivity contribution in [1.29, 1.82) is 0 Å². The topological polar surface area (TPSA) is 51.1 Å². The van der Waals surface area contributed by atoms with Gasteiger partial charge in [-0.25, -0.2) is 14.4 Å². The van der Waals surface area contributed by atoms with E-state index in [0.717, 1.165) is 29.8 Å². The van der Waals surface area contributed by atoms with Gasteiger partial charge in [-0.05, 0) is 30.9 Å². The fourth-order valence-electron chi connectivity index (χ4n) is 4.10. The lowest BCUT2D eigenvalue weighted by Gasteiger charge is -2.39. The highest BCUT2D eigenvalue weighted by Gasteiger charge is 2.41. The summed E-state index contributed by atoms with van der Waals surface area (Å²) in [5, 5.41) is 0. The van der Waals surface area contributed by atoms with E-state index in [1.54, 1.807) is 12.3 Å². The summed E-state index contributed by atoms with van der Waals surface area (Å²) >= 11 is 0. The first-order chi connectivity index (χ1) is 14.2. The quantitative estimate of drug-likeness (QED) is 0.659. The Balaban J connectivity index is 1.55. The number of methoxy groups -OCH3 is 1. The molecular weight excluding hydrogens is 374 g/mol. The lowest BCUT2D eigenvalue weighted by Crippen LogP contribution is -2.37. The minimum absolute atomic E-state index is 0.0473. The number of benzene rings is 1. The Morgan fingerprint density at radius 2 is 2.00 bits per heavy atom. The Labute approximate surface area is 167 Å². The molecule has 3 aromatic rings. The summed E-state index contributed by atoms with van der Waals surface area (Å²) in [6.45, 7) is 0.668. The van der Waals surface area contributed by atoms with Crippen LogP contribution in [-0.2, 0) is 6.42 Å². The zero-order valence-corrected chi connectivity index (χ0v) is 16.0. The Bertz CT molecular complexity index is 1060. The summed E-state index contributed by atoms with van der Waals surface area (Å²) in [6.07, 6.45) is 6.50. The zero-order valence-electron chi connectivity index (χ0n) is 16.0. The van der Waals surface area contributed by atoms with Crippen molar-refractivity contribution in [2.24, 2.45) is 5.92 Å². The third kappa shape index (κ3) is 3.20. The van der Waals surface area contributed by atoms with Crippen LogP contribution < -0.4 is 9.64 Å². The summed E-state index contributed by atoms with van der Waals surface area (Å²) in [4.78, 5) is 15.8. The molecule has 1 unspecified atom stereocenters. The third-order valence-corrected chi connectivity index (χ3v) is 5.64. The molecule has 1 saturated carbocycles. The number of aromatic nitrogens is 3. The molecule has 0 amide bonds. The lowest BCUT2D eigenvalue weighted by atomic mass is 9.93. The van der Waals surface area contributed by atoms with Gasteiger partial charge in [0.15, 0.2) is 17.4 Å². The molecule has 5 nitrogen and oxygen atoms in total. The van der Waals surface area contributed by atoms with Gasteiger partial charge in [-0.1, -0.05) is 6.07 Å². The second kappa shape index (κ2) is 7.06. The first-order valence-electron chi connectivity index (χ1n) is 9.72. The van der Waals surface area contributed by atoms with Gasteiger partial charge in [-0.15, -0.1) is 0 Å². The van der Waals surface area contributed by atoms with Crippen LogP contribution in [0, 0.1) is 17.6 Å². The van der Waals surface area contributed by atoms with E-state index in [0.29, 0.717) is 30.4 Å². The van der Waals surface area contributed by atoms with Gasteiger partial charge in [-0.2, -0.15) is 4.39 Å². The Morgan fingerprint density at radius 1 is 1.14 bits per heavy atom. The van der Waals surface area contributed by atoms with Gasteiger partial charge in [0.05, 0.1) is 18.8 Å². The van der Waals surface area contributed by atoms with E-state index >= 15 is 0 Å². The molecule has 1 aliphatic carbocycles. The molecule has 2 aromatic heterocycles. The van der Waals surface area contributed by atoms with Crippen LogP contribution in [0.4, 0.5) is 14.5 Å². The fourth-order valence-corrected chi connectivity index (χ4v) is 4.10. The van der Waals surface area contributed by atoms with Crippen LogP contribution in [0.25, 0.3) is 11.5 Å². The van der Waals surface area contributed by atoms with Crippen LogP contribution in [0.15, 0.2) is 42.7 Å². The standard InChI is InChI=1S/C22H20F2N4O/c1-29-19-11-14(10-16(23)20(19)24)28-9-7-17-15(21(28)13-5-6-13)12-26-22(27-17)18-4-2-3-8-25-18/h2-4,8,10-13,21H,5-7,9H2,1H3. The lowest BCUT2D eigenvalue weighted by molar-refractivity contribution is 0.371. The smallest absolute Gasteiger partial charge is 0.200 e. The molecule has 0 bridgehead atoms. The van der Waals surface area contributed by atoms with Crippen LogP contribution in [0.2, 0.25) is 0 Å². The number of halogens is 2. The van der Waals surface area contributed by atoms with Gasteiger partial charge in [0.25, 0.3) is 0 Å². The Kier molecular flexibility index (Phi) is 4.38. The molecular formula is C22H20F2N4O. The number of rotatable bonds is 4. The van der Waals surface area contributed by atoms with Gasteiger partial charge in [0, 0.05) is 48.7 Å². The van der Waals surface area contributed by atoms with Crippen molar-refractivity contribution in [3.8, 4) is 17.3 Å². The van der Waals surface area contributed by atoms with Crippen molar-refractivity contribution in [2.45, 2.75) is 25.3 Å². The first kappa shape index (κ1) is 18.0. The Morgan fingerprint density at radius 3 is 2.72 bits per heavy atom. The maximum atomic E-state index is 14.1. The molecule has 5 rings (SSSR count). The van der Waals surface area contributed by atoms with Crippen molar-refractivity contribution in [1.82, 2.24) is 15.0 Å². The average Bonchev–Trinajstić information content (AvgIpc) is 3.60. The summed E-state index contributed by atoms with van der Waals surface area (Å²) in [5.74, 6) is -0.872. The van der Waals surface area contributed by atoms with Gasteiger partial charge >= 0.3 is 0 Å². The zero-order chi connectivity index (χ0) is 20.0. The molecule has 1 aromatic carbocycles. The van der Waals surface area contributed by atoms with E-state index in [9.17, 15) is 8.78 Å².